The van der Waals surface area contributed by atoms with E-state index in [9.17, 15) is 0 Å². The van der Waals surface area contributed by atoms with Gasteiger partial charge in [0.1, 0.15) is 0 Å². The molecule has 0 aromatic rings. The van der Waals surface area contributed by atoms with Gasteiger partial charge in [-0.1, -0.05) is 30.2 Å². The van der Waals surface area contributed by atoms with Gasteiger partial charge in [-0.3, -0.25) is 0 Å². The van der Waals surface area contributed by atoms with Crippen molar-refractivity contribution in [3.8, 4) is 0 Å². The third-order valence-electron chi connectivity index (χ3n) is 2.08. The van der Waals surface area contributed by atoms with Crippen LogP contribution in [-0.4, -0.2) is 0 Å². The van der Waals surface area contributed by atoms with Crippen LogP contribution in [0, 0.1) is 0 Å². The lowest BCUT2D eigenvalue weighted by molar-refractivity contribution is 0.948. The molecule has 0 aromatic heterocycles. The van der Waals surface area contributed by atoms with Crippen molar-refractivity contribution in [1.29, 1.82) is 0 Å². The summed E-state index contributed by atoms with van der Waals surface area (Å²) < 4.78 is 0. The van der Waals surface area contributed by atoms with Crippen LogP contribution in [0.4, 0.5) is 0 Å². The summed E-state index contributed by atoms with van der Waals surface area (Å²) in [5.41, 5.74) is 3.00. The Balaban J connectivity index is 3.56. The van der Waals surface area contributed by atoms with E-state index in [1.165, 1.54) is 30.4 Å². The van der Waals surface area contributed by atoms with Crippen LogP contribution in [0.5, 0.6) is 0 Å². The first-order chi connectivity index (χ1) is 5.20. The molecule has 0 atom stereocenters. The Morgan fingerprint density at radius 2 is 1.82 bits per heavy atom. The molecule has 0 saturated heterocycles. The predicted octanol–water partition coefficient (Wildman–Crippen LogP) is 4.09. The van der Waals surface area contributed by atoms with Crippen molar-refractivity contribution in [3.63, 3.8) is 0 Å². The zero-order chi connectivity index (χ0) is 8.69. The minimum atomic E-state index is 1.19. The van der Waals surface area contributed by atoms with Gasteiger partial charge in [0.2, 0.25) is 0 Å². The van der Waals surface area contributed by atoms with Crippen LogP contribution in [0.25, 0.3) is 0 Å². The van der Waals surface area contributed by atoms with Gasteiger partial charge >= 0.3 is 0 Å². The summed E-state index contributed by atoms with van der Waals surface area (Å²) in [6.07, 6.45) is 8.14. The molecule has 0 heteroatoms. The molecule has 0 N–H and O–H groups in total. The van der Waals surface area contributed by atoms with Crippen molar-refractivity contribution in [2.24, 2.45) is 0 Å². The molecule has 0 aromatic carbocycles. The number of hydrogen-bond donors (Lipinski definition) is 0. The highest BCUT2D eigenvalue weighted by Crippen LogP contribution is 2.07. The molecule has 0 heterocycles. The van der Waals surface area contributed by atoms with E-state index >= 15 is 0 Å². The van der Waals surface area contributed by atoms with E-state index in [1.54, 1.807) is 0 Å². The highest BCUT2D eigenvalue weighted by Gasteiger charge is 1.86. The van der Waals surface area contributed by atoms with Crippen molar-refractivity contribution < 1.29 is 0 Å². The van der Waals surface area contributed by atoms with Crippen LogP contribution < -0.4 is 0 Å². The van der Waals surface area contributed by atoms with Gasteiger partial charge in [-0.15, -0.1) is 0 Å². The topological polar surface area (TPSA) is 0 Å². The fraction of sp³-hybridized carbons (Fsp3) is 0.636. The molecule has 0 aliphatic rings. The maximum atomic E-state index is 2.34. The molecule has 0 fully saturated rings. The normalized spacial score (nSPS) is 13.8. The first-order valence-electron chi connectivity index (χ1n) is 4.48. The van der Waals surface area contributed by atoms with Crippen molar-refractivity contribution in [2.45, 2.75) is 47.0 Å². The van der Waals surface area contributed by atoms with E-state index in [4.69, 9.17) is 0 Å². The third kappa shape index (κ3) is 5.90. The Labute approximate surface area is 71.0 Å². The molecule has 0 rings (SSSR count). The number of rotatable bonds is 4. The largest absolute Gasteiger partial charge is 0.0887 e. The standard InChI is InChI=1S/C11H20/c1-5-10(3)8-7-9-11(4)6-2/h5,9H,6-8H2,1-4H3/b10-5+,11-9+. The van der Waals surface area contributed by atoms with Crippen LogP contribution in [0.2, 0.25) is 0 Å². The van der Waals surface area contributed by atoms with E-state index in [2.05, 4.69) is 39.8 Å². The van der Waals surface area contributed by atoms with Gasteiger partial charge in [-0.25, -0.2) is 0 Å². The van der Waals surface area contributed by atoms with Gasteiger partial charge in [-0.2, -0.15) is 0 Å². The lowest BCUT2D eigenvalue weighted by Crippen LogP contribution is -1.76. The summed E-state index contributed by atoms with van der Waals surface area (Å²) in [6, 6.07) is 0. The summed E-state index contributed by atoms with van der Waals surface area (Å²) >= 11 is 0. The zero-order valence-corrected chi connectivity index (χ0v) is 8.28. The van der Waals surface area contributed by atoms with E-state index in [-0.39, 0.29) is 0 Å². The fourth-order valence-corrected chi connectivity index (χ4v) is 0.835. The molecule has 0 radical (unpaired) electrons. The second-order valence-electron chi connectivity index (χ2n) is 3.08. The minimum Gasteiger partial charge on any atom is -0.0887 e. The van der Waals surface area contributed by atoms with Gasteiger partial charge in [0.05, 0.1) is 0 Å². The second kappa shape index (κ2) is 6.21. The predicted molar refractivity (Wildman–Crippen MR) is 52.7 cm³/mol. The van der Waals surface area contributed by atoms with Gasteiger partial charge in [0.25, 0.3) is 0 Å². The number of hydrogen-bond acceptors (Lipinski definition) is 0. The summed E-state index contributed by atoms with van der Waals surface area (Å²) in [7, 11) is 0. The van der Waals surface area contributed by atoms with Crippen LogP contribution in [0.3, 0.4) is 0 Å². The summed E-state index contributed by atoms with van der Waals surface area (Å²) in [5, 5.41) is 0. The van der Waals surface area contributed by atoms with E-state index < -0.39 is 0 Å². The van der Waals surface area contributed by atoms with Gasteiger partial charge < -0.3 is 0 Å². The molecular weight excluding hydrogens is 132 g/mol. The van der Waals surface area contributed by atoms with Crippen molar-refractivity contribution in [3.05, 3.63) is 23.3 Å². The van der Waals surface area contributed by atoms with Gasteiger partial charge in [-0.05, 0) is 40.0 Å². The van der Waals surface area contributed by atoms with Crippen molar-refractivity contribution >= 4 is 0 Å². The van der Waals surface area contributed by atoms with Gasteiger partial charge in [0.15, 0.2) is 0 Å². The lowest BCUT2D eigenvalue weighted by Gasteiger charge is -1.97. The quantitative estimate of drug-likeness (QED) is 0.532. The molecule has 0 aliphatic carbocycles. The molecule has 0 amide bonds. The molecule has 11 heavy (non-hydrogen) atoms. The first kappa shape index (κ1) is 10.5. The van der Waals surface area contributed by atoms with Crippen LogP contribution in [0.15, 0.2) is 23.3 Å². The van der Waals surface area contributed by atoms with E-state index in [1.807, 2.05) is 0 Å². The molecule has 0 aliphatic heterocycles. The Kier molecular flexibility index (Phi) is 5.91. The molecule has 0 spiro atoms. The monoisotopic (exact) mass is 152 g/mol. The highest BCUT2D eigenvalue weighted by atomic mass is 13.9. The van der Waals surface area contributed by atoms with Gasteiger partial charge in [0, 0.05) is 0 Å². The highest BCUT2D eigenvalue weighted by molar-refractivity contribution is 5.01. The lowest BCUT2D eigenvalue weighted by atomic mass is 10.1. The zero-order valence-electron chi connectivity index (χ0n) is 8.28. The molecule has 64 valence electrons. The Morgan fingerprint density at radius 1 is 1.18 bits per heavy atom. The maximum absolute atomic E-state index is 2.34. The average Bonchev–Trinajstić information content (AvgIpc) is 2.04. The third-order valence-corrected chi connectivity index (χ3v) is 2.08. The SMILES string of the molecule is C/C=C(\C)CC/C=C(\C)CC. The number of allylic oxidation sites excluding steroid dienone is 4. The average molecular weight is 152 g/mol. The summed E-state index contributed by atoms with van der Waals surface area (Å²) in [6.45, 7) is 8.69. The van der Waals surface area contributed by atoms with Crippen molar-refractivity contribution in [1.82, 2.24) is 0 Å². The van der Waals surface area contributed by atoms with E-state index in [0.717, 1.165) is 0 Å². The molecule has 0 bridgehead atoms. The molecular formula is C11H20. The van der Waals surface area contributed by atoms with E-state index in [0.29, 0.717) is 0 Å². The second-order valence-corrected chi connectivity index (χ2v) is 3.08. The molecule has 0 unspecified atom stereocenters. The van der Waals surface area contributed by atoms with Crippen molar-refractivity contribution in [2.75, 3.05) is 0 Å². The summed E-state index contributed by atoms with van der Waals surface area (Å²) in [5.74, 6) is 0. The first-order valence-corrected chi connectivity index (χ1v) is 4.48. The Hall–Kier alpha value is -0.520. The molecule has 0 nitrogen and oxygen atoms in total. The maximum Gasteiger partial charge on any atom is -0.0288 e. The van der Waals surface area contributed by atoms with Crippen LogP contribution >= 0.6 is 0 Å². The Bertz CT molecular complexity index is 149. The van der Waals surface area contributed by atoms with Crippen LogP contribution in [0.1, 0.15) is 47.0 Å². The summed E-state index contributed by atoms with van der Waals surface area (Å²) in [4.78, 5) is 0. The smallest absolute Gasteiger partial charge is 0.0288 e. The fourth-order valence-electron chi connectivity index (χ4n) is 0.835. The Morgan fingerprint density at radius 3 is 2.27 bits per heavy atom. The van der Waals surface area contributed by atoms with Crippen LogP contribution in [-0.2, 0) is 0 Å². The minimum absolute atomic E-state index is 1.19. The molecule has 0 saturated carbocycles.